The number of hydrogen-bond acceptors (Lipinski definition) is 6. The summed E-state index contributed by atoms with van der Waals surface area (Å²) in [5, 5.41) is 8.38. The van der Waals surface area contributed by atoms with Crippen LogP contribution in [0.3, 0.4) is 0 Å². The molecule has 2 aromatic heterocycles. The molecule has 3 aromatic rings. The van der Waals surface area contributed by atoms with Crippen LogP contribution in [0.1, 0.15) is 18.9 Å². The molecule has 1 aromatic carbocycles. The molecule has 7 heteroatoms. The van der Waals surface area contributed by atoms with E-state index in [0.717, 1.165) is 25.2 Å². The monoisotopic (exact) mass is 339 g/mol. The Balaban J connectivity index is 1.43. The fourth-order valence-corrected chi connectivity index (χ4v) is 3.09. The van der Waals surface area contributed by atoms with Crippen LogP contribution in [0.5, 0.6) is 0 Å². The molecule has 0 saturated carbocycles. The summed E-state index contributed by atoms with van der Waals surface area (Å²) in [5.74, 6) is 1.27. The number of nitrogens with zero attached hydrogens (tertiary/aromatic N) is 5. The third-order valence-electron chi connectivity index (χ3n) is 4.50. The zero-order valence-electron chi connectivity index (χ0n) is 14.2. The van der Waals surface area contributed by atoms with Crippen molar-refractivity contribution in [2.24, 2.45) is 0 Å². The molecule has 0 unspecified atom stereocenters. The van der Waals surface area contributed by atoms with Crippen molar-refractivity contribution in [2.45, 2.75) is 25.6 Å². The Morgan fingerprint density at radius 3 is 2.92 bits per heavy atom. The summed E-state index contributed by atoms with van der Waals surface area (Å²) in [6, 6.07) is 11.8. The van der Waals surface area contributed by atoms with Crippen molar-refractivity contribution in [1.82, 2.24) is 24.8 Å². The molecular weight excluding hydrogens is 318 g/mol. The van der Waals surface area contributed by atoms with Crippen LogP contribution in [0.4, 0.5) is 0 Å². The Morgan fingerprint density at radius 1 is 1.24 bits per heavy atom. The first-order valence-corrected chi connectivity index (χ1v) is 8.52. The molecule has 1 aliphatic rings. The van der Waals surface area contributed by atoms with Crippen molar-refractivity contribution in [3.05, 3.63) is 54.7 Å². The molecule has 0 N–H and O–H groups in total. The van der Waals surface area contributed by atoms with Crippen LogP contribution in [0, 0.1) is 0 Å². The van der Waals surface area contributed by atoms with Crippen molar-refractivity contribution in [3.8, 4) is 11.4 Å². The van der Waals surface area contributed by atoms with E-state index < -0.39 is 0 Å². The first kappa shape index (κ1) is 16.0. The van der Waals surface area contributed by atoms with Gasteiger partial charge in [0.1, 0.15) is 0 Å². The summed E-state index contributed by atoms with van der Waals surface area (Å²) in [4.78, 5) is 6.90. The predicted octanol–water partition coefficient (Wildman–Crippen LogP) is 2.40. The van der Waals surface area contributed by atoms with E-state index in [2.05, 4.69) is 27.1 Å². The van der Waals surface area contributed by atoms with E-state index in [4.69, 9.17) is 9.26 Å². The van der Waals surface area contributed by atoms with Crippen LogP contribution in [0.25, 0.3) is 11.4 Å². The summed E-state index contributed by atoms with van der Waals surface area (Å²) in [7, 11) is 0. The summed E-state index contributed by atoms with van der Waals surface area (Å²) in [6.45, 7) is 5.19. The molecule has 1 aliphatic heterocycles. The van der Waals surface area contributed by atoms with Crippen LogP contribution in [-0.4, -0.2) is 50.6 Å². The maximum Gasteiger partial charge on any atom is 0.244 e. The molecule has 130 valence electrons. The lowest BCUT2D eigenvalue weighted by molar-refractivity contribution is -0.0532. The van der Waals surface area contributed by atoms with E-state index in [9.17, 15) is 0 Å². The Bertz CT molecular complexity index is 787. The molecule has 25 heavy (non-hydrogen) atoms. The second-order valence-electron chi connectivity index (χ2n) is 6.21. The van der Waals surface area contributed by atoms with Gasteiger partial charge in [0.2, 0.25) is 11.7 Å². The van der Waals surface area contributed by atoms with Crippen LogP contribution in [0.2, 0.25) is 0 Å². The normalized spacial score (nSPS) is 19.8. The highest BCUT2D eigenvalue weighted by atomic mass is 16.5. The van der Waals surface area contributed by atoms with Crippen LogP contribution < -0.4 is 0 Å². The highest BCUT2D eigenvalue weighted by Crippen LogP contribution is 2.24. The zero-order valence-corrected chi connectivity index (χ0v) is 14.2. The maximum absolute atomic E-state index is 5.87. The molecule has 2 atom stereocenters. The van der Waals surface area contributed by atoms with Crippen molar-refractivity contribution in [1.29, 1.82) is 0 Å². The average Bonchev–Trinajstić information content (AvgIpc) is 3.34. The van der Waals surface area contributed by atoms with Crippen molar-refractivity contribution in [3.63, 3.8) is 0 Å². The Hall–Kier alpha value is -2.51. The number of ether oxygens (including phenoxy) is 1. The molecule has 0 radical (unpaired) electrons. The third-order valence-corrected chi connectivity index (χ3v) is 4.50. The van der Waals surface area contributed by atoms with E-state index >= 15 is 0 Å². The van der Waals surface area contributed by atoms with E-state index in [1.54, 1.807) is 6.20 Å². The largest absolute Gasteiger partial charge is 0.374 e. The van der Waals surface area contributed by atoms with Gasteiger partial charge in [0.25, 0.3) is 0 Å². The second-order valence-corrected chi connectivity index (χ2v) is 6.21. The van der Waals surface area contributed by atoms with Crippen molar-refractivity contribution in [2.75, 3.05) is 19.7 Å². The van der Waals surface area contributed by atoms with Gasteiger partial charge in [0, 0.05) is 31.0 Å². The maximum atomic E-state index is 5.87. The topological polar surface area (TPSA) is 69.2 Å². The van der Waals surface area contributed by atoms with E-state index in [1.807, 2.05) is 47.3 Å². The molecular formula is C18H21N5O2. The highest BCUT2D eigenvalue weighted by molar-refractivity contribution is 5.53. The van der Waals surface area contributed by atoms with Gasteiger partial charge in [0.15, 0.2) is 0 Å². The van der Waals surface area contributed by atoms with Crippen LogP contribution in [-0.2, 0) is 11.3 Å². The fraction of sp³-hybridized carbons (Fsp3) is 0.389. The Morgan fingerprint density at radius 2 is 2.12 bits per heavy atom. The van der Waals surface area contributed by atoms with Gasteiger partial charge in [0.05, 0.1) is 25.3 Å². The molecule has 7 nitrogen and oxygen atoms in total. The Labute approximate surface area is 146 Å². The third kappa shape index (κ3) is 3.62. The lowest BCUT2D eigenvalue weighted by Crippen LogP contribution is -2.45. The number of aromatic nitrogens is 4. The lowest BCUT2D eigenvalue weighted by atomic mass is 10.2. The number of hydrogen-bond donors (Lipinski definition) is 0. The summed E-state index contributed by atoms with van der Waals surface area (Å²) >= 11 is 0. The smallest absolute Gasteiger partial charge is 0.244 e. The molecule has 0 aliphatic carbocycles. The number of benzene rings is 1. The van der Waals surface area contributed by atoms with Gasteiger partial charge in [-0.2, -0.15) is 10.1 Å². The SMILES string of the molecule is C[C@H](c1nc(-c2ccccc2)no1)N1CCO[C@H](Cn2cccn2)C1. The minimum Gasteiger partial charge on any atom is -0.374 e. The minimum absolute atomic E-state index is 0.0500. The predicted molar refractivity (Wildman–Crippen MR) is 91.7 cm³/mol. The second kappa shape index (κ2) is 7.16. The first-order chi connectivity index (χ1) is 12.3. The highest BCUT2D eigenvalue weighted by Gasteiger charge is 2.28. The minimum atomic E-state index is 0.0500. The van der Waals surface area contributed by atoms with Gasteiger partial charge in [-0.3, -0.25) is 9.58 Å². The van der Waals surface area contributed by atoms with Crippen LogP contribution in [0.15, 0.2) is 53.3 Å². The molecule has 1 fully saturated rings. The van der Waals surface area contributed by atoms with Gasteiger partial charge >= 0.3 is 0 Å². The number of morpholine rings is 1. The zero-order chi connectivity index (χ0) is 17.1. The summed E-state index contributed by atoms with van der Waals surface area (Å²) in [6.07, 6.45) is 3.84. The van der Waals surface area contributed by atoms with Crippen LogP contribution >= 0.6 is 0 Å². The van der Waals surface area contributed by atoms with E-state index in [1.165, 1.54) is 0 Å². The first-order valence-electron chi connectivity index (χ1n) is 8.52. The standard InChI is InChI=1S/C18H21N5O2/c1-14(18-20-17(21-25-18)15-6-3-2-4-7-15)22-10-11-24-16(12-22)13-23-9-5-8-19-23/h2-9,14,16H,10-13H2,1H3/t14-,16+/m1/s1. The summed E-state index contributed by atoms with van der Waals surface area (Å²) in [5.41, 5.74) is 0.961. The van der Waals surface area contributed by atoms with Crippen molar-refractivity contribution < 1.29 is 9.26 Å². The Kier molecular flexibility index (Phi) is 4.58. The molecule has 0 spiro atoms. The molecule has 0 amide bonds. The molecule has 0 bridgehead atoms. The average molecular weight is 339 g/mol. The molecule has 3 heterocycles. The van der Waals surface area contributed by atoms with Gasteiger partial charge < -0.3 is 9.26 Å². The van der Waals surface area contributed by atoms with E-state index in [0.29, 0.717) is 18.3 Å². The lowest BCUT2D eigenvalue weighted by Gasteiger charge is -2.35. The van der Waals surface area contributed by atoms with Gasteiger partial charge in [-0.15, -0.1) is 0 Å². The van der Waals surface area contributed by atoms with Gasteiger partial charge in [-0.1, -0.05) is 35.5 Å². The van der Waals surface area contributed by atoms with Crippen molar-refractivity contribution >= 4 is 0 Å². The van der Waals surface area contributed by atoms with E-state index in [-0.39, 0.29) is 12.1 Å². The molecule has 1 saturated heterocycles. The molecule has 4 rings (SSSR count). The summed E-state index contributed by atoms with van der Waals surface area (Å²) < 4.78 is 13.3. The fourth-order valence-electron chi connectivity index (χ4n) is 3.09. The quantitative estimate of drug-likeness (QED) is 0.711. The van der Waals surface area contributed by atoms with Gasteiger partial charge in [-0.05, 0) is 13.0 Å². The number of rotatable bonds is 5. The van der Waals surface area contributed by atoms with Gasteiger partial charge in [-0.25, -0.2) is 0 Å².